The van der Waals surface area contributed by atoms with E-state index in [1.807, 2.05) is 0 Å². The highest BCUT2D eigenvalue weighted by molar-refractivity contribution is 8.23. The average molecular weight is 339 g/mol. The lowest BCUT2D eigenvalue weighted by Crippen LogP contribution is -2.11. The van der Waals surface area contributed by atoms with Crippen LogP contribution < -0.4 is 10.6 Å². The van der Waals surface area contributed by atoms with E-state index >= 15 is 0 Å². The van der Waals surface area contributed by atoms with Crippen LogP contribution >= 0.6 is 36.2 Å². The van der Waals surface area contributed by atoms with Crippen molar-refractivity contribution in [1.82, 2.24) is 10.6 Å². The summed E-state index contributed by atoms with van der Waals surface area (Å²) in [6, 6.07) is 0. The van der Waals surface area contributed by atoms with Crippen LogP contribution in [0.3, 0.4) is 0 Å². The lowest BCUT2D eigenvalue weighted by atomic mass is 10.3. The van der Waals surface area contributed by atoms with Crippen molar-refractivity contribution in [3.8, 4) is 0 Å². The number of ether oxygens (including phenoxy) is 1. The Bertz CT molecular complexity index is 211. The van der Waals surface area contributed by atoms with Gasteiger partial charge in [-0.05, 0) is 24.1 Å². The van der Waals surface area contributed by atoms with Gasteiger partial charge in [-0.3, -0.25) is 0 Å². The Labute approximate surface area is 140 Å². The maximum absolute atomic E-state index is 4.77. The second-order valence-corrected chi connectivity index (χ2v) is 7.73. The van der Waals surface area contributed by atoms with E-state index < -0.39 is 0 Å². The molecule has 2 saturated heterocycles. The highest BCUT2D eigenvalue weighted by Crippen LogP contribution is 2.05. The van der Waals surface area contributed by atoms with E-state index in [4.69, 9.17) is 17.0 Å². The molecule has 2 rings (SSSR count). The Morgan fingerprint density at radius 2 is 1.45 bits per heavy atom. The van der Waals surface area contributed by atoms with E-state index in [0.717, 1.165) is 41.6 Å². The fourth-order valence-corrected chi connectivity index (χ4v) is 1.83. The smallest absolute Gasteiger partial charge is 0.256 e. The molecule has 0 radical (unpaired) electrons. The van der Waals surface area contributed by atoms with E-state index in [1.165, 1.54) is 0 Å². The van der Waals surface area contributed by atoms with Gasteiger partial charge >= 0.3 is 0 Å². The van der Waals surface area contributed by atoms with Crippen LogP contribution in [-0.2, 0) is 4.74 Å². The first-order valence-corrected chi connectivity index (χ1v) is 8.87. The van der Waals surface area contributed by atoms with Crippen molar-refractivity contribution in [1.29, 1.82) is 0 Å². The molecule has 0 atom stereocenters. The van der Waals surface area contributed by atoms with Gasteiger partial charge < -0.3 is 15.4 Å². The van der Waals surface area contributed by atoms with E-state index in [2.05, 4.69) is 64.4 Å². The minimum Gasteiger partial charge on any atom is -0.469 e. The SMILES string of the molecule is CC(C)C.CC(C)C.S=C1NCCO1.S=C1NCCS1. The summed E-state index contributed by atoms with van der Waals surface area (Å²) in [5.74, 6) is 2.82. The first-order chi connectivity index (χ1) is 9.25. The molecule has 2 fully saturated rings. The highest BCUT2D eigenvalue weighted by atomic mass is 32.2. The molecule has 2 aliphatic rings. The van der Waals surface area contributed by atoms with Crippen molar-refractivity contribution >= 4 is 45.7 Å². The Kier molecular flexibility index (Phi) is 17.0. The third-order valence-electron chi connectivity index (χ3n) is 1.21. The third kappa shape index (κ3) is 26.5. The van der Waals surface area contributed by atoms with Gasteiger partial charge in [0.15, 0.2) is 0 Å². The number of rotatable bonds is 0. The molecule has 2 N–H and O–H groups in total. The lowest BCUT2D eigenvalue weighted by molar-refractivity contribution is 0.361. The van der Waals surface area contributed by atoms with Gasteiger partial charge in [-0.1, -0.05) is 65.5 Å². The molecule has 3 nitrogen and oxygen atoms in total. The fourth-order valence-electron chi connectivity index (χ4n) is 0.696. The summed E-state index contributed by atoms with van der Waals surface area (Å²) in [5, 5.41) is 6.38. The topological polar surface area (TPSA) is 33.3 Å². The largest absolute Gasteiger partial charge is 0.469 e. The molecular weight excluding hydrogens is 308 g/mol. The predicted molar refractivity (Wildman–Crippen MR) is 101 cm³/mol. The van der Waals surface area contributed by atoms with Crippen molar-refractivity contribution < 1.29 is 4.74 Å². The molecule has 2 heterocycles. The average Bonchev–Trinajstić information content (AvgIpc) is 2.91. The zero-order valence-corrected chi connectivity index (χ0v) is 16.1. The monoisotopic (exact) mass is 338 g/mol. The minimum atomic E-state index is 0.537. The molecule has 0 aromatic carbocycles. The van der Waals surface area contributed by atoms with Crippen LogP contribution in [0.2, 0.25) is 0 Å². The molecule has 0 saturated carbocycles. The van der Waals surface area contributed by atoms with E-state index in [1.54, 1.807) is 11.8 Å². The van der Waals surface area contributed by atoms with Gasteiger partial charge in [0.1, 0.15) is 10.9 Å². The Morgan fingerprint density at radius 1 is 0.950 bits per heavy atom. The molecule has 0 spiro atoms. The summed E-state index contributed by atoms with van der Waals surface area (Å²) >= 11 is 11.1. The van der Waals surface area contributed by atoms with E-state index in [9.17, 15) is 0 Å². The molecule has 2 aliphatic heterocycles. The highest BCUT2D eigenvalue weighted by Gasteiger charge is 2.02. The molecule has 6 heteroatoms. The zero-order chi connectivity index (χ0) is 16.0. The maximum Gasteiger partial charge on any atom is 0.256 e. The van der Waals surface area contributed by atoms with Gasteiger partial charge in [0.25, 0.3) is 5.17 Å². The maximum atomic E-state index is 4.77. The van der Waals surface area contributed by atoms with Crippen molar-refractivity contribution in [2.45, 2.75) is 41.5 Å². The molecule has 0 aliphatic carbocycles. The minimum absolute atomic E-state index is 0.537. The fraction of sp³-hybridized carbons (Fsp3) is 0.857. The second-order valence-electron chi connectivity index (χ2n) is 5.59. The molecule has 120 valence electrons. The number of hydrogen-bond donors (Lipinski definition) is 2. The van der Waals surface area contributed by atoms with Crippen LogP contribution in [0.4, 0.5) is 0 Å². The van der Waals surface area contributed by atoms with Crippen LogP contribution in [0.5, 0.6) is 0 Å². The summed E-state index contributed by atoms with van der Waals surface area (Å²) in [6.45, 7) is 15.7. The van der Waals surface area contributed by atoms with Gasteiger partial charge in [-0.15, -0.1) is 0 Å². The van der Waals surface area contributed by atoms with E-state index in [-0.39, 0.29) is 0 Å². The predicted octanol–water partition coefficient (Wildman–Crippen LogP) is 3.82. The molecule has 0 bridgehead atoms. The first kappa shape index (κ1) is 22.2. The zero-order valence-electron chi connectivity index (χ0n) is 13.6. The number of hydrogen-bond acceptors (Lipinski definition) is 4. The van der Waals surface area contributed by atoms with Gasteiger partial charge in [0, 0.05) is 12.3 Å². The number of thiocarbonyl (C=S) groups is 2. The molecule has 0 aromatic heterocycles. The van der Waals surface area contributed by atoms with Crippen LogP contribution in [0.15, 0.2) is 0 Å². The summed E-state index contributed by atoms with van der Waals surface area (Å²) in [6.07, 6.45) is 0. The van der Waals surface area contributed by atoms with Gasteiger partial charge in [-0.25, -0.2) is 0 Å². The molecule has 0 amide bonds. The second kappa shape index (κ2) is 15.3. The van der Waals surface area contributed by atoms with Crippen LogP contribution in [0, 0.1) is 11.8 Å². The van der Waals surface area contributed by atoms with Crippen LogP contribution in [0.25, 0.3) is 0 Å². The van der Waals surface area contributed by atoms with Crippen molar-refractivity contribution in [2.24, 2.45) is 11.8 Å². The summed E-state index contributed by atoms with van der Waals surface area (Å²) in [5.41, 5.74) is 0. The quantitative estimate of drug-likeness (QED) is 0.654. The van der Waals surface area contributed by atoms with Crippen molar-refractivity contribution in [3.05, 3.63) is 0 Å². The van der Waals surface area contributed by atoms with Crippen LogP contribution in [0.1, 0.15) is 41.5 Å². The van der Waals surface area contributed by atoms with Crippen molar-refractivity contribution in [3.63, 3.8) is 0 Å². The lowest BCUT2D eigenvalue weighted by Gasteiger charge is -1.85. The summed E-state index contributed by atoms with van der Waals surface area (Å²) in [4.78, 5) is 0. The van der Waals surface area contributed by atoms with E-state index in [0.29, 0.717) is 5.17 Å². The molecule has 0 aromatic rings. The standard InChI is InChI=1S/2C4H10.C3H5NOS.C3H5NS2/c2*1-4(2)3;6-3-4-1-2-5-3;5-3-4-1-2-6-3/h2*4H,1-3H3;1-2H2,(H,4,6);1-2H2,(H,4,5). The van der Waals surface area contributed by atoms with Gasteiger partial charge in [-0.2, -0.15) is 0 Å². The number of thioether (sulfide) groups is 1. The Hall–Kier alpha value is -0.0700. The normalized spacial score (nSPS) is 15.8. The third-order valence-corrected chi connectivity index (χ3v) is 2.78. The summed E-state index contributed by atoms with van der Waals surface area (Å²) in [7, 11) is 0. The molecular formula is C14H30N2OS3. The Morgan fingerprint density at radius 3 is 1.55 bits per heavy atom. The number of nitrogens with one attached hydrogen (secondary N) is 2. The van der Waals surface area contributed by atoms with Crippen LogP contribution in [-0.4, -0.2) is 34.9 Å². The Balaban J connectivity index is 0. The van der Waals surface area contributed by atoms with Gasteiger partial charge in [0.2, 0.25) is 0 Å². The first-order valence-electron chi connectivity index (χ1n) is 7.07. The van der Waals surface area contributed by atoms with Crippen molar-refractivity contribution in [2.75, 3.05) is 25.4 Å². The summed E-state index contributed by atoms with van der Waals surface area (Å²) < 4.78 is 5.73. The van der Waals surface area contributed by atoms with Gasteiger partial charge in [0.05, 0.1) is 6.54 Å². The molecule has 0 unspecified atom stereocenters. The molecule has 20 heavy (non-hydrogen) atoms.